The summed E-state index contributed by atoms with van der Waals surface area (Å²) in [6.45, 7) is 0. The summed E-state index contributed by atoms with van der Waals surface area (Å²) in [5.41, 5.74) is 1.06. The van der Waals surface area contributed by atoms with Crippen LogP contribution in [0.5, 0.6) is 0 Å². The standard InChI is InChI=1S/C9H7N.HO2/c1-2-6-9-8(4-1)5-3-7-10-9;1-2/h1-7H;1H. The number of pyridine rings is 1. The van der Waals surface area contributed by atoms with Crippen molar-refractivity contribution in [2.75, 3.05) is 0 Å². The van der Waals surface area contributed by atoms with E-state index in [-0.39, 0.29) is 0 Å². The predicted octanol–water partition coefficient (Wildman–Crippen LogP) is 2.12. The lowest BCUT2D eigenvalue weighted by atomic mass is 10.2. The molecule has 2 rings (SSSR count). The molecular formula is C9H8NO2. The van der Waals surface area contributed by atoms with Gasteiger partial charge in [-0.05, 0) is 17.4 Å². The zero-order valence-electron chi connectivity index (χ0n) is 6.34. The molecule has 1 heterocycles. The fourth-order valence-corrected chi connectivity index (χ4v) is 1.02. The molecule has 61 valence electrons. The van der Waals surface area contributed by atoms with Gasteiger partial charge < -0.3 is 0 Å². The number of para-hydroxylation sites is 1. The Hall–Kier alpha value is -1.45. The maximum atomic E-state index is 7.25. The summed E-state index contributed by atoms with van der Waals surface area (Å²) in [6.07, 6.45) is 1.81. The van der Waals surface area contributed by atoms with Crippen molar-refractivity contribution in [3.05, 3.63) is 42.6 Å². The molecule has 0 atom stereocenters. The Morgan fingerprint density at radius 3 is 2.42 bits per heavy atom. The highest BCUT2D eigenvalue weighted by molar-refractivity contribution is 5.77. The molecule has 1 radical (unpaired) electrons. The smallest absolute Gasteiger partial charge is 0.0701 e. The molecule has 0 aliphatic heterocycles. The van der Waals surface area contributed by atoms with E-state index in [0.717, 1.165) is 5.52 Å². The SMILES string of the molecule is [O]O.c1ccc2ncccc2c1. The van der Waals surface area contributed by atoms with Crippen LogP contribution in [-0.2, 0) is 5.26 Å². The van der Waals surface area contributed by atoms with E-state index in [1.165, 1.54) is 5.39 Å². The zero-order chi connectivity index (χ0) is 8.81. The Morgan fingerprint density at radius 2 is 1.67 bits per heavy atom. The molecule has 1 aromatic carbocycles. The van der Waals surface area contributed by atoms with Gasteiger partial charge in [0.1, 0.15) is 0 Å². The first-order valence-electron chi connectivity index (χ1n) is 3.45. The van der Waals surface area contributed by atoms with Crippen molar-refractivity contribution in [1.29, 1.82) is 0 Å². The van der Waals surface area contributed by atoms with Crippen molar-refractivity contribution in [3.63, 3.8) is 0 Å². The molecule has 0 spiro atoms. The molecule has 3 nitrogen and oxygen atoms in total. The molecule has 3 heteroatoms. The highest BCUT2D eigenvalue weighted by atomic mass is 17.0. The van der Waals surface area contributed by atoms with E-state index in [1.54, 1.807) is 0 Å². The fraction of sp³-hybridized carbons (Fsp3) is 0. The van der Waals surface area contributed by atoms with Crippen LogP contribution in [0.25, 0.3) is 10.9 Å². The molecule has 0 saturated carbocycles. The van der Waals surface area contributed by atoms with Crippen molar-refractivity contribution in [2.24, 2.45) is 0 Å². The van der Waals surface area contributed by atoms with Crippen LogP contribution < -0.4 is 0 Å². The zero-order valence-corrected chi connectivity index (χ0v) is 6.34. The van der Waals surface area contributed by atoms with Gasteiger partial charge in [-0.3, -0.25) is 4.98 Å². The maximum Gasteiger partial charge on any atom is 0.0701 e. The molecule has 0 fully saturated rings. The average molecular weight is 162 g/mol. The number of fused-ring (bicyclic) bond motifs is 1. The summed E-state index contributed by atoms with van der Waals surface area (Å²) >= 11 is 0. The van der Waals surface area contributed by atoms with Crippen molar-refractivity contribution in [2.45, 2.75) is 0 Å². The molecule has 0 bridgehead atoms. The van der Waals surface area contributed by atoms with Gasteiger partial charge in [-0.15, -0.1) is 0 Å². The minimum absolute atomic E-state index is 1.06. The number of nitrogens with zero attached hydrogens (tertiary/aromatic N) is 1. The molecule has 0 saturated heterocycles. The van der Waals surface area contributed by atoms with Crippen LogP contribution in [0.15, 0.2) is 42.6 Å². The molecular weight excluding hydrogens is 154 g/mol. The Labute approximate surface area is 69.9 Å². The maximum absolute atomic E-state index is 7.25. The van der Waals surface area contributed by atoms with E-state index in [1.807, 2.05) is 30.5 Å². The molecule has 0 amide bonds. The summed E-state index contributed by atoms with van der Waals surface area (Å²) in [6, 6.07) is 12.1. The molecule has 12 heavy (non-hydrogen) atoms. The highest BCUT2D eigenvalue weighted by Gasteiger charge is 1.86. The van der Waals surface area contributed by atoms with E-state index < -0.39 is 0 Å². The van der Waals surface area contributed by atoms with E-state index in [9.17, 15) is 0 Å². The number of benzene rings is 1. The third-order valence-electron chi connectivity index (χ3n) is 1.51. The van der Waals surface area contributed by atoms with Gasteiger partial charge >= 0.3 is 0 Å². The Bertz CT molecular complexity index is 284. The second-order valence-corrected chi connectivity index (χ2v) is 2.20. The molecule has 0 aliphatic rings. The van der Waals surface area contributed by atoms with Crippen LogP contribution in [0.3, 0.4) is 0 Å². The Kier molecular flexibility index (Phi) is 3.19. The molecule has 2 aromatic rings. The lowest BCUT2D eigenvalue weighted by Crippen LogP contribution is -1.73. The fourth-order valence-electron chi connectivity index (χ4n) is 1.02. The average Bonchev–Trinajstić information content (AvgIpc) is 2.21. The van der Waals surface area contributed by atoms with Gasteiger partial charge in [0.25, 0.3) is 0 Å². The van der Waals surface area contributed by atoms with Crippen LogP contribution in [0.2, 0.25) is 0 Å². The third-order valence-corrected chi connectivity index (χ3v) is 1.51. The monoisotopic (exact) mass is 162 g/mol. The third kappa shape index (κ3) is 1.78. The predicted molar refractivity (Wildman–Crippen MR) is 45.1 cm³/mol. The summed E-state index contributed by atoms with van der Waals surface area (Å²) in [5, 5.41) is 14.2. The number of hydrogen-bond donors (Lipinski definition) is 1. The summed E-state index contributed by atoms with van der Waals surface area (Å²) in [4.78, 5) is 4.18. The lowest BCUT2D eigenvalue weighted by Gasteiger charge is -1.91. The Morgan fingerprint density at radius 1 is 1.00 bits per heavy atom. The summed E-state index contributed by atoms with van der Waals surface area (Å²) < 4.78 is 0. The second kappa shape index (κ2) is 4.43. The summed E-state index contributed by atoms with van der Waals surface area (Å²) in [5.74, 6) is 0. The van der Waals surface area contributed by atoms with Crippen molar-refractivity contribution in [1.82, 2.24) is 4.98 Å². The van der Waals surface area contributed by atoms with Crippen LogP contribution in [-0.4, -0.2) is 10.2 Å². The van der Waals surface area contributed by atoms with Gasteiger partial charge in [0.05, 0.1) is 5.52 Å². The first kappa shape index (κ1) is 8.64. The van der Waals surface area contributed by atoms with Gasteiger partial charge in [0, 0.05) is 11.6 Å². The molecule has 1 N–H and O–H groups in total. The molecule has 0 unspecified atom stereocenters. The van der Waals surface area contributed by atoms with Gasteiger partial charge in [-0.1, -0.05) is 24.3 Å². The van der Waals surface area contributed by atoms with Gasteiger partial charge in [0.15, 0.2) is 0 Å². The number of aromatic nitrogens is 1. The lowest BCUT2D eigenvalue weighted by molar-refractivity contribution is -0.247. The number of rotatable bonds is 0. The van der Waals surface area contributed by atoms with E-state index in [2.05, 4.69) is 17.1 Å². The Balaban J connectivity index is 0.000000336. The highest BCUT2D eigenvalue weighted by Crippen LogP contribution is 2.07. The largest absolute Gasteiger partial charge is 0.256 e. The van der Waals surface area contributed by atoms with Gasteiger partial charge in [0.2, 0.25) is 0 Å². The second-order valence-electron chi connectivity index (χ2n) is 2.20. The normalized spacial score (nSPS) is 8.83. The minimum Gasteiger partial charge on any atom is -0.256 e. The van der Waals surface area contributed by atoms with Crippen LogP contribution in [0.4, 0.5) is 0 Å². The van der Waals surface area contributed by atoms with Crippen molar-refractivity contribution >= 4 is 10.9 Å². The van der Waals surface area contributed by atoms with Gasteiger partial charge in [-0.2, -0.15) is 0 Å². The van der Waals surface area contributed by atoms with Crippen molar-refractivity contribution < 1.29 is 10.5 Å². The topological polar surface area (TPSA) is 53.0 Å². The first-order chi connectivity index (χ1) is 5.97. The van der Waals surface area contributed by atoms with E-state index >= 15 is 0 Å². The quantitative estimate of drug-likeness (QED) is 0.476. The minimum atomic E-state index is 1.06. The van der Waals surface area contributed by atoms with Crippen LogP contribution in [0.1, 0.15) is 0 Å². The van der Waals surface area contributed by atoms with Gasteiger partial charge in [-0.25, -0.2) is 5.26 Å². The van der Waals surface area contributed by atoms with Crippen LogP contribution in [0, 0.1) is 0 Å². The number of hydrogen-bond acceptors (Lipinski definition) is 2. The van der Waals surface area contributed by atoms with E-state index in [0.29, 0.717) is 0 Å². The van der Waals surface area contributed by atoms with Crippen LogP contribution >= 0.6 is 0 Å². The summed E-state index contributed by atoms with van der Waals surface area (Å²) in [7, 11) is 0. The molecule has 1 aromatic heterocycles. The first-order valence-corrected chi connectivity index (χ1v) is 3.45. The van der Waals surface area contributed by atoms with Crippen molar-refractivity contribution in [3.8, 4) is 0 Å². The van der Waals surface area contributed by atoms with E-state index in [4.69, 9.17) is 10.5 Å². The molecule has 0 aliphatic carbocycles.